The Morgan fingerprint density at radius 2 is 2.00 bits per heavy atom. The summed E-state index contributed by atoms with van der Waals surface area (Å²) >= 11 is 0. The molecular formula is C18H19FO2. The van der Waals surface area contributed by atoms with E-state index < -0.39 is 5.60 Å². The van der Waals surface area contributed by atoms with E-state index in [9.17, 15) is 9.50 Å². The molecule has 0 aliphatic heterocycles. The molecule has 0 spiro atoms. The standard InChI is InChI=1S/C18H19FO2/c1-11-9-12(2)17(16(10-11)21-3)18(20)8-7-13-14(18)5-4-6-15(13)19/h4-6,9-10,20H,7-8H2,1-3H3. The maximum absolute atomic E-state index is 14.0. The molecule has 1 aliphatic rings. The van der Waals surface area contributed by atoms with Crippen LogP contribution in [0.4, 0.5) is 4.39 Å². The first-order valence-corrected chi connectivity index (χ1v) is 7.13. The van der Waals surface area contributed by atoms with E-state index in [1.807, 2.05) is 32.0 Å². The Kier molecular flexibility index (Phi) is 3.25. The Labute approximate surface area is 124 Å². The van der Waals surface area contributed by atoms with Gasteiger partial charge in [-0.25, -0.2) is 4.39 Å². The first-order valence-electron chi connectivity index (χ1n) is 7.13. The van der Waals surface area contributed by atoms with Gasteiger partial charge in [-0.1, -0.05) is 18.2 Å². The molecule has 1 atom stereocenters. The minimum absolute atomic E-state index is 0.243. The smallest absolute Gasteiger partial charge is 0.126 e. The maximum atomic E-state index is 14.0. The first kappa shape index (κ1) is 14.1. The molecule has 2 aromatic carbocycles. The number of aliphatic hydroxyl groups is 1. The monoisotopic (exact) mass is 286 g/mol. The number of benzene rings is 2. The fraction of sp³-hybridized carbons (Fsp3) is 0.333. The highest BCUT2D eigenvalue weighted by atomic mass is 19.1. The van der Waals surface area contributed by atoms with Gasteiger partial charge >= 0.3 is 0 Å². The van der Waals surface area contributed by atoms with Crippen LogP contribution >= 0.6 is 0 Å². The Morgan fingerprint density at radius 3 is 2.71 bits per heavy atom. The third kappa shape index (κ3) is 2.04. The van der Waals surface area contributed by atoms with E-state index in [1.54, 1.807) is 13.2 Å². The van der Waals surface area contributed by atoms with Crippen LogP contribution in [-0.4, -0.2) is 12.2 Å². The van der Waals surface area contributed by atoms with E-state index in [1.165, 1.54) is 6.07 Å². The van der Waals surface area contributed by atoms with Gasteiger partial charge in [-0.05, 0) is 61.1 Å². The van der Waals surface area contributed by atoms with Crippen molar-refractivity contribution in [1.29, 1.82) is 0 Å². The number of rotatable bonds is 2. The molecule has 0 heterocycles. The van der Waals surface area contributed by atoms with E-state index >= 15 is 0 Å². The molecule has 110 valence electrons. The summed E-state index contributed by atoms with van der Waals surface area (Å²) in [5.74, 6) is 0.416. The van der Waals surface area contributed by atoms with Crippen LogP contribution in [0, 0.1) is 19.7 Å². The van der Waals surface area contributed by atoms with Crippen molar-refractivity contribution in [3.8, 4) is 5.75 Å². The lowest BCUT2D eigenvalue weighted by molar-refractivity contribution is 0.0792. The summed E-state index contributed by atoms with van der Waals surface area (Å²) in [6, 6.07) is 8.85. The van der Waals surface area contributed by atoms with Gasteiger partial charge in [0.05, 0.1) is 7.11 Å². The second-order valence-corrected chi connectivity index (χ2v) is 5.79. The Morgan fingerprint density at radius 1 is 1.24 bits per heavy atom. The van der Waals surface area contributed by atoms with Gasteiger partial charge in [0.15, 0.2) is 0 Å². The molecule has 1 unspecified atom stereocenters. The molecule has 0 saturated carbocycles. The Hall–Kier alpha value is -1.87. The maximum Gasteiger partial charge on any atom is 0.126 e. The van der Waals surface area contributed by atoms with Crippen LogP contribution in [0.25, 0.3) is 0 Å². The largest absolute Gasteiger partial charge is 0.496 e. The van der Waals surface area contributed by atoms with Gasteiger partial charge in [0, 0.05) is 5.56 Å². The van der Waals surface area contributed by atoms with Gasteiger partial charge in [-0.15, -0.1) is 0 Å². The molecule has 0 radical (unpaired) electrons. The normalized spacial score (nSPS) is 20.4. The number of hydrogen-bond donors (Lipinski definition) is 1. The number of ether oxygens (including phenoxy) is 1. The van der Waals surface area contributed by atoms with Crippen LogP contribution in [0.2, 0.25) is 0 Å². The SMILES string of the molecule is COc1cc(C)cc(C)c1C1(O)CCc2c(F)cccc21. The summed E-state index contributed by atoms with van der Waals surface area (Å²) in [6.45, 7) is 3.95. The molecule has 3 heteroatoms. The van der Waals surface area contributed by atoms with Gasteiger partial charge in [0.2, 0.25) is 0 Å². The lowest BCUT2D eigenvalue weighted by atomic mass is 9.84. The van der Waals surface area contributed by atoms with Crippen molar-refractivity contribution in [2.24, 2.45) is 0 Å². The van der Waals surface area contributed by atoms with Crippen molar-refractivity contribution in [2.75, 3.05) is 7.11 Å². The minimum atomic E-state index is -1.18. The summed E-state index contributed by atoms with van der Waals surface area (Å²) in [7, 11) is 1.60. The van der Waals surface area contributed by atoms with E-state index in [0.29, 0.717) is 29.7 Å². The van der Waals surface area contributed by atoms with Gasteiger partial charge in [0.25, 0.3) is 0 Å². The van der Waals surface area contributed by atoms with Crippen molar-refractivity contribution in [3.63, 3.8) is 0 Å². The fourth-order valence-electron chi connectivity index (χ4n) is 3.52. The topological polar surface area (TPSA) is 29.5 Å². The molecule has 0 aromatic heterocycles. The average Bonchev–Trinajstić information content (AvgIpc) is 2.77. The lowest BCUT2D eigenvalue weighted by Gasteiger charge is -2.28. The van der Waals surface area contributed by atoms with Crippen LogP contribution in [-0.2, 0) is 12.0 Å². The average molecular weight is 286 g/mol. The Bertz CT molecular complexity index is 709. The second kappa shape index (κ2) is 4.85. The number of aryl methyl sites for hydroxylation is 2. The van der Waals surface area contributed by atoms with Crippen molar-refractivity contribution in [3.05, 3.63) is 64.0 Å². The summed E-state index contributed by atoms with van der Waals surface area (Å²) in [5.41, 5.74) is 2.89. The highest BCUT2D eigenvalue weighted by Crippen LogP contribution is 2.47. The Balaban J connectivity index is 2.26. The molecule has 0 saturated heterocycles. The molecule has 2 nitrogen and oxygen atoms in total. The van der Waals surface area contributed by atoms with Crippen molar-refractivity contribution >= 4 is 0 Å². The third-order valence-electron chi connectivity index (χ3n) is 4.38. The third-order valence-corrected chi connectivity index (χ3v) is 4.38. The second-order valence-electron chi connectivity index (χ2n) is 5.79. The van der Waals surface area contributed by atoms with E-state index in [4.69, 9.17) is 4.74 Å². The molecule has 1 aliphatic carbocycles. The highest BCUT2D eigenvalue weighted by molar-refractivity contribution is 5.54. The highest BCUT2D eigenvalue weighted by Gasteiger charge is 2.42. The molecule has 0 bridgehead atoms. The summed E-state index contributed by atoms with van der Waals surface area (Å²) < 4.78 is 19.4. The van der Waals surface area contributed by atoms with Gasteiger partial charge < -0.3 is 9.84 Å². The summed E-state index contributed by atoms with van der Waals surface area (Å²) in [4.78, 5) is 0. The number of hydrogen-bond acceptors (Lipinski definition) is 2. The lowest BCUT2D eigenvalue weighted by Crippen LogP contribution is -2.26. The summed E-state index contributed by atoms with van der Waals surface area (Å²) in [6.07, 6.45) is 1.01. The van der Waals surface area contributed by atoms with Crippen molar-refractivity contribution in [2.45, 2.75) is 32.3 Å². The molecule has 1 N–H and O–H groups in total. The summed E-state index contributed by atoms with van der Waals surface area (Å²) in [5, 5.41) is 11.3. The minimum Gasteiger partial charge on any atom is -0.496 e. The van der Waals surface area contributed by atoms with Crippen LogP contribution < -0.4 is 4.74 Å². The number of fused-ring (bicyclic) bond motifs is 1. The first-order chi connectivity index (χ1) is 9.97. The molecular weight excluding hydrogens is 267 g/mol. The number of methoxy groups -OCH3 is 1. The predicted molar refractivity (Wildman–Crippen MR) is 80.2 cm³/mol. The molecule has 0 amide bonds. The zero-order chi connectivity index (χ0) is 15.2. The van der Waals surface area contributed by atoms with E-state index in [0.717, 1.165) is 16.7 Å². The van der Waals surface area contributed by atoms with Crippen LogP contribution in [0.3, 0.4) is 0 Å². The molecule has 2 aromatic rings. The van der Waals surface area contributed by atoms with Gasteiger partial charge in [-0.3, -0.25) is 0 Å². The van der Waals surface area contributed by atoms with Crippen LogP contribution in [0.1, 0.15) is 34.2 Å². The van der Waals surface area contributed by atoms with E-state index in [-0.39, 0.29) is 5.82 Å². The quantitative estimate of drug-likeness (QED) is 0.913. The number of halogens is 1. The zero-order valence-electron chi connectivity index (χ0n) is 12.5. The van der Waals surface area contributed by atoms with E-state index in [2.05, 4.69) is 0 Å². The van der Waals surface area contributed by atoms with Gasteiger partial charge in [-0.2, -0.15) is 0 Å². The van der Waals surface area contributed by atoms with Crippen LogP contribution in [0.15, 0.2) is 30.3 Å². The fourth-order valence-corrected chi connectivity index (χ4v) is 3.52. The van der Waals surface area contributed by atoms with Crippen molar-refractivity contribution < 1.29 is 14.2 Å². The van der Waals surface area contributed by atoms with Crippen molar-refractivity contribution in [1.82, 2.24) is 0 Å². The molecule has 0 fully saturated rings. The predicted octanol–water partition coefficient (Wildman–Crippen LogP) is 3.63. The molecule has 3 rings (SSSR count). The van der Waals surface area contributed by atoms with Crippen LogP contribution in [0.5, 0.6) is 5.75 Å². The molecule has 21 heavy (non-hydrogen) atoms. The van der Waals surface area contributed by atoms with Gasteiger partial charge in [0.1, 0.15) is 17.2 Å². The zero-order valence-corrected chi connectivity index (χ0v) is 12.5.